The predicted molar refractivity (Wildman–Crippen MR) is 121 cm³/mol. The lowest BCUT2D eigenvalue weighted by Gasteiger charge is -2.50. The van der Waals surface area contributed by atoms with E-state index in [0.29, 0.717) is 5.56 Å². The van der Waals surface area contributed by atoms with Crippen LogP contribution in [0.4, 0.5) is 5.69 Å². The first-order valence-corrected chi connectivity index (χ1v) is 10.7. The summed E-state index contributed by atoms with van der Waals surface area (Å²) in [7, 11) is 6.79. The predicted octanol–water partition coefficient (Wildman–Crippen LogP) is 0.217. The second-order valence-electron chi connectivity index (χ2n) is 9.31. The van der Waals surface area contributed by atoms with E-state index >= 15 is 0 Å². The number of nitrogens with zero attached hydrogens (tertiary/aromatic N) is 4. The summed E-state index contributed by atoms with van der Waals surface area (Å²) in [5.74, 6) is -6.53. The van der Waals surface area contributed by atoms with Crippen molar-refractivity contribution in [2.75, 3.05) is 33.1 Å². The number of hydrogen-bond donors (Lipinski definition) is 5. The zero-order chi connectivity index (χ0) is 26.6. The molecule has 0 unspecified atom stereocenters. The maximum atomic E-state index is 13.5. The van der Waals surface area contributed by atoms with Crippen LogP contribution >= 0.6 is 0 Å². The molecule has 1 amide bonds. The van der Waals surface area contributed by atoms with Crippen LogP contribution in [0.15, 0.2) is 34.8 Å². The van der Waals surface area contributed by atoms with Crippen LogP contribution in [0.3, 0.4) is 0 Å². The number of aliphatic hydroxyl groups excluding tert-OH is 2. The van der Waals surface area contributed by atoms with E-state index < -0.39 is 58.0 Å². The van der Waals surface area contributed by atoms with Crippen LogP contribution in [0.2, 0.25) is 0 Å². The van der Waals surface area contributed by atoms with E-state index in [0.717, 1.165) is 5.69 Å². The number of benzene rings is 1. The third kappa shape index (κ3) is 3.43. The largest absolute Gasteiger partial charge is 0.510 e. The molecular formula is C23H27N5O7. The van der Waals surface area contributed by atoms with E-state index in [2.05, 4.69) is 0 Å². The van der Waals surface area contributed by atoms with Crippen LogP contribution in [-0.4, -0.2) is 82.6 Å². The van der Waals surface area contributed by atoms with Crippen LogP contribution in [-0.2, 0) is 16.0 Å². The average Bonchev–Trinajstić information content (AvgIpc) is 2.77. The minimum Gasteiger partial charge on any atom is -0.510 e. The molecule has 0 aromatic heterocycles. The lowest BCUT2D eigenvalue weighted by atomic mass is 9.58. The van der Waals surface area contributed by atoms with E-state index in [1.165, 1.54) is 11.0 Å². The standard InChI is InChI=1S/C23H27N3O7.N2/c1-25(2)12-5-6-13(27)15-10(12)7-9-8-11-17(26(3)4)19(29)16(22(24)32)21(31)23(11,33)20(30)14(9)18(15)28;1-2/h5-6,9,11,17,27,29-30,33H,7-8H2,1-4H3,(H2,24,32);/t9-,11+,17-,23-;/m0./s1. The highest BCUT2D eigenvalue weighted by atomic mass is 16.3. The Morgan fingerprint density at radius 3 is 2.23 bits per heavy atom. The number of likely N-dealkylation sites (N-methyl/N-ethyl adjacent to an activating group) is 1. The number of carbonyl (C=O) groups is 3. The fourth-order valence-corrected chi connectivity index (χ4v) is 5.65. The van der Waals surface area contributed by atoms with Gasteiger partial charge in [0.2, 0.25) is 5.78 Å². The SMILES string of the molecule is CN(C)c1ccc(O)c2c1C[C@H]1C[C@@H]3[C@H](N(C)C)C(O)=C(C(N)=O)C(=O)[C@@]3(O)C(O)=C1C2=O.N#N. The Morgan fingerprint density at radius 2 is 1.71 bits per heavy atom. The number of allylic oxidation sites excluding steroid dienone is 1. The second kappa shape index (κ2) is 8.68. The Labute approximate surface area is 201 Å². The molecule has 0 spiro atoms. The molecule has 0 saturated heterocycles. The monoisotopic (exact) mass is 485 g/mol. The molecule has 0 aliphatic heterocycles. The van der Waals surface area contributed by atoms with Gasteiger partial charge >= 0.3 is 0 Å². The van der Waals surface area contributed by atoms with Crippen molar-refractivity contribution >= 4 is 23.2 Å². The summed E-state index contributed by atoms with van der Waals surface area (Å²) in [4.78, 5) is 42.0. The van der Waals surface area contributed by atoms with E-state index in [-0.39, 0.29) is 29.7 Å². The molecule has 12 nitrogen and oxygen atoms in total. The molecule has 3 aliphatic carbocycles. The maximum Gasteiger partial charge on any atom is 0.255 e. The van der Waals surface area contributed by atoms with Crippen LogP contribution in [0.25, 0.3) is 0 Å². The molecule has 0 heterocycles. The highest BCUT2D eigenvalue weighted by molar-refractivity contribution is 6.24. The first-order valence-electron chi connectivity index (χ1n) is 10.7. The molecule has 0 radical (unpaired) electrons. The van der Waals surface area contributed by atoms with Crippen molar-refractivity contribution in [1.29, 1.82) is 10.8 Å². The fourth-order valence-electron chi connectivity index (χ4n) is 5.65. The minimum absolute atomic E-state index is 0.00184. The zero-order valence-electron chi connectivity index (χ0n) is 19.7. The summed E-state index contributed by atoms with van der Waals surface area (Å²) in [6, 6.07) is 2.06. The number of amides is 1. The number of phenols is 1. The number of primary amides is 1. The lowest BCUT2D eigenvalue weighted by Crippen LogP contribution is -2.63. The molecular weight excluding hydrogens is 458 g/mol. The minimum atomic E-state index is -2.63. The van der Waals surface area contributed by atoms with Gasteiger partial charge in [-0.15, -0.1) is 0 Å². The summed E-state index contributed by atoms with van der Waals surface area (Å²) in [6.45, 7) is 0. The number of hydrogen-bond acceptors (Lipinski definition) is 11. The van der Waals surface area contributed by atoms with Crippen LogP contribution < -0.4 is 10.6 Å². The summed E-state index contributed by atoms with van der Waals surface area (Å²) in [6.07, 6.45) is 0.324. The van der Waals surface area contributed by atoms with Crippen molar-refractivity contribution < 1.29 is 34.8 Å². The lowest BCUT2D eigenvalue weighted by molar-refractivity contribution is -0.148. The number of rotatable bonds is 3. The van der Waals surface area contributed by atoms with Gasteiger partial charge < -0.3 is 31.1 Å². The molecule has 0 saturated carbocycles. The topological polar surface area (TPSA) is 212 Å². The van der Waals surface area contributed by atoms with E-state index in [9.17, 15) is 34.8 Å². The molecule has 12 heteroatoms. The molecule has 0 bridgehead atoms. The quantitative estimate of drug-likeness (QED) is 0.288. The number of aliphatic hydroxyl groups is 3. The van der Waals surface area contributed by atoms with Crippen molar-refractivity contribution in [2.45, 2.75) is 24.5 Å². The summed E-state index contributed by atoms with van der Waals surface area (Å²) < 4.78 is 0. The van der Waals surface area contributed by atoms with E-state index in [4.69, 9.17) is 16.5 Å². The van der Waals surface area contributed by atoms with E-state index in [1.54, 1.807) is 39.2 Å². The first-order chi connectivity index (χ1) is 16.3. The number of Topliss-reactive ketones (excluding diaryl/α,β-unsaturated/α-hetero) is 2. The van der Waals surface area contributed by atoms with Gasteiger partial charge in [0.05, 0.1) is 11.6 Å². The fraction of sp³-hybridized carbons (Fsp3) is 0.435. The normalized spacial score (nSPS) is 27.5. The van der Waals surface area contributed by atoms with Crippen molar-refractivity contribution in [3.05, 3.63) is 45.9 Å². The van der Waals surface area contributed by atoms with Crippen LogP contribution in [0.1, 0.15) is 22.3 Å². The van der Waals surface area contributed by atoms with Crippen molar-refractivity contribution in [2.24, 2.45) is 17.6 Å². The Bertz CT molecular complexity index is 1220. The van der Waals surface area contributed by atoms with Gasteiger partial charge in [0.15, 0.2) is 11.4 Å². The molecule has 1 aromatic rings. The molecule has 4 rings (SSSR count). The van der Waals surface area contributed by atoms with Crippen LogP contribution in [0, 0.1) is 22.6 Å². The first kappa shape index (κ1) is 25.7. The zero-order valence-corrected chi connectivity index (χ0v) is 19.7. The van der Waals surface area contributed by atoms with Gasteiger partial charge in [-0.3, -0.25) is 19.3 Å². The molecule has 35 heavy (non-hydrogen) atoms. The second-order valence-corrected chi connectivity index (χ2v) is 9.31. The van der Waals surface area contributed by atoms with Gasteiger partial charge in [-0.2, -0.15) is 0 Å². The Balaban J connectivity index is 0.00000167. The van der Waals surface area contributed by atoms with Gasteiger partial charge in [0, 0.05) is 42.1 Å². The number of anilines is 1. The summed E-state index contributed by atoms with van der Waals surface area (Å²) >= 11 is 0. The van der Waals surface area contributed by atoms with Gasteiger partial charge in [0.1, 0.15) is 22.8 Å². The van der Waals surface area contributed by atoms with Crippen molar-refractivity contribution in [3.63, 3.8) is 0 Å². The maximum absolute atomic E-state index is 13.5. The van der Waals surface area contributed by atoms with E-state index in [1.807, 2.05) is 0 Å². The molecule has 3 aliphatic rings. The average molecular weight is 485 g/mol. The molecule has 6 N–H and O–H groups in total. The van der Waals surface area contributed by atoms with Gasteiger partial charge in [-0.25, -0.2) is 0 Å². The Kier molecular flexibility index (Phi) is 6.37. The van der Waals surface area contributed by atoms with Gasteiger partial charge in [-0.1, -0.05) is 0 Å². The summed E-state index contributed by atoms with van der Waals surface area (Å²) in [5, 5.41) is 55.9. The third-order valence-corrected chi connectivity index (χ3v) is 7.06. The number of nitrogens with two attached hydrogens (primary N) is 1. The molecule has 0 fully saturated rings. The highest BCUT2D eigenvalue weighted by Gasteiger charge is 2.63. The number of ketones is 2. The molecule has 4 atom stereocenters. The highest BCUT2D eigenvalue weighted by Crippen LogP contribution is 2.52. The van der Waals surface area contributed by atoms with Gasteiger partial charge in [-0.05, 0) is 50.6 Å². The van der Waals surface area contributed by atoms with Crippen molar-refractivity contribution in [1.82, 2.24) is 4.90 Å². The number of aromatic hydroxyl groups is 1. The Hall–Kier alpha value is -3.95. The molecule has 186 valence electrons. The Morgan fingerprint density at radius 1 is 1.11 bits per heavy atom. The number of carbonyl (C=O) groups excluding carboxylic acids is 3. The number of fused-ring (bicyclic) bond motifs is 3. The number of phenolic OH excluding ortho intramolecular Hbond substituents is 1. The van der Waals surface area contributed by atoms with Gasteiger partial charge in [0.25, 0.3) is 5.91 Å². The van der Waals surface area contributed by atoms with Crippen LogP contribution in [0.5, 0.6) is 5.75 Å². The summed E-state index contributed by atoms with van der Waals surface area (Å²) in [5.41, 5.74) is 3.02. The smallest absolute Gasteiger partial charge is 0.255 e. The molecule has 1 aromatic carbocycles. The third-order valence-electron chi connectivity index (χ3n) is 7.06. The van der Waals surface area contributed by atoms with Crippen molar-refractivity contribution in [3.8, 4) is 5.75 Å².